The molecule has 0 aliphatic heterocycles. The van der Waals surface area contributed by atoms with Gasteiger partial charge in [0.2, 0.25) is 5.91 Å². The molecule has 1 aliphatic carbocycles. The molecule has 2 amide bonds. The molecule has 0 bridgehead atoms. The van der Waals surface area contributed by atoms with Crippen LogP contribution in [0.15, 0.2) is 85.5 Å². The van der Waals surface area contributed by atoms with E-state index in [9.17, 15) is 14.4 Å². The van der Waals surface area contributed by atoms with Crippen molar-refractivity contribution in [2.24, 2.45) is 0 Å². The molecule has 178 valence electrons. The van der Waals surface area contributed by atoms with E-state index in [1.807, 2.05) is 36.4 Å². The number of anilines is 1. The highest BCUT2D eigenvalue weighted by Gasteiger charge is 2.29. The van der Waals surface area contributed by atoms with Gasteiger partial charge in [0.1, 0.15) is 12.6 Å². The lowest BCUT2D eigenvalue weighted by atomic mass is 9.98. The molecule has 7 nitrogen and oxygen atoms in total. The molecule has 3 N–H and O–H groups in total. The third kappa shape index (κ3) is 5.58. The fourth-order valence-corrected chi connectivity index (χ4v) is 4.29. The number of benzene rings is 3. The number of hydrogen-bond acceptors (Lipinski definition) is 4. The molecule has 1 atom stereocenters. The van der Waals surface area contributed by atoms with E-state index in [4.69, 9.17) is 9.84 Å². The van der Waals surface area contributed by atoms with E-state index >= 15 is 0 Å². The SMILES string of the molecule is C=CCC(NC(=O)OCC1c2ccccc2-c2ccccc21)C(=O)Nc1ccc(CC(=O)O)cc1. The second kappa shape index (κ2) is 10.7. The van der Waals surface area contributed by atoms with E-state index in [0.29, 0.717) is 11.3 Å². The van der Waals surface area contributed by atoms with Crippen LogP contribution in [-0.2, 0) is 20.7 Å². The fraction of sp³-hybridized carbons (Fsp3) is 0.179. The van der Waals surface area contributed by atoms with Crippen molar-refractivity contribution < 1.29 is 24.2 Å². The average Bonchev–Trinajstić information content (AvgIpc) is 3.17. The van der Waals surface area contributed by atoms with Gasteiger partial charge in [0.15, 0.2) is 0 Å². The van der Waals surface area contributed by atoms with Crippen LogP contribution in [0.1, 0.15) is 29.0 Å². The van der Waals surface area contributed by atoms with Crippen LogP contribution in [0.4, 0.5) is 10.5 Å². The van der Waals surface area contributed by atoms with Gasteiger partial charge in [-0.15, -0.1) is 6.58 Å². The van der Waals surface area contributed by atoms with Crippen LogP contribution < -0.4 is 10.6 Å². The number of aliphatic carboxylic acids is 1. The molecule has 1 unspecified atom stereocenters. The van der Waals surface area contributed by atoms with Crippen molar-refractivity contribution >= 4 is 23.7 Å². The molecule has 1 aliphatic rings. The van der Waals surface area contributed by atoms with Crippen LogP contribution in [0, 0.1) is 0 Å². The second-order valence-corrected chi connectivity index (χ2v) is 8.30. The summed E-state index contributed by atoms with van der Waals surface area (Å²) < 4.78 is 5.55. The molecule has 0 spiro atoms. The summed E-state index contributed by atoms with van der Waals surface area (Å²) in [5.74, 6) is -1.44. The molecule has 0 heterocycles. The molecule has 0 aromatic heterocycles. The summed E-state index contributed by atoms with van der Waals surface area (Å²) in [6.45, 7) is 3.81. The minimum absolute atomic E-state index is 0.0795. The first-order valence-electron chi connectivity index (χ1n) is 11.3. The summed E-state index contributed by atoms with van der Waals surface area (Å²) in [5, 5.41) is 14.2. The first-order valence-corrected chi connectivity index (χ1v) is 11.3. The van der Waals surface area contributed by atoms with Gasteiger partial charge in [0, 0.05) is 11.6 Å². The highest BCUT2D eigenvalue weighted by atomic mass is 16.5. The number of carboxylic acid groups (broad SMARTS) is 1. The lowest BCUT2D eigenvalue weighted by Gasteiger charge is -2.19. The number of fused-ring (bicyclic) bond motifs is 3. The molecule has 0 fully saturated rings. The Kier molecular flexibility index (Phi) is 7.26. The highest BCUT2D eigenvalue weighted by Crippen LogP contribution is 2.44. The van der Waals surface area contributed by atoms with Crippen LogP contribution in [0.2, 0.25) is 0 Å². The number of nitrogens with one attached hydrogen (secondary N) is 2. The Morgan fingerprint density at radius 3 is 2.11 bits per heavy atom. The highest BCUT2D eigenvalue weighted by molar-refractivity contribution is 5.96. The van der Waals surface area contributed by atoms with E-state index < -0.39 is 24.0 Å². The maximum Gasteiger partial charge on any atom is 0.407 e. The predicted molar refractivity (Wildman–Crippen MR) is 133 cm³/mol. The van der Waals surface area contributed by atoms with Crippen molar-refractivity contribution in [3.8, 4) is 11.1 Å². The smallest absolute Gasteiger partial charge is 0.407 e. The van der Waals surface area contributed by atoms with E-state index in [1.165, 1.54) is 0 Å². The molecule has 0 saturated carbocycles. The molecule has 0 saturated heterocycles. The van der Waals surface area contributed by atoms with Crippen molar-refractivity contribution in [2.45, 2.75) is 24.8 Å². The van der Waals surface area contributed by atoms with Gasteiger partial charge in [0.25, 0.3) is 0 Å². The summed E-state index contributed by atoms with van der Waals surface area (Å²) in [6.07, 6.45) is 0.971. The van der Waals surface area contributed by atoms with Gasteiger partial charge in [-0.1, -0.05) is 66.7 Å². The number of carbonyl (C=O) groups is 3. The normalized spacial score (nSPS) is 12.7. The van der Waals surface area contributed by atoms with E-state index in [1.54, 1.807) is 30.3 Å². The molecule has 0 radical (unpaired) electrons. The van der Waals surface area contributed by atoms with Gasteiger partial charge in [0.05, 0.1) is 6.42 Å². The number of amides is 2. The summed E-state index contributed by atoms with van der Waals surface area (Å²) in [6, 6.07) is 21.7. The predicted octanol–water partition coefficient (Wildman–Crippen LogP) is 4.74. The van der Waals surface area contributed by atoms with Gasteiger partial charge in [-0.25, -0.2) is 4.79 Å². The topological polar surface area (TPSA) is 105 Å². The zero-order valence-corrected chi connectivity index (χ0v) is 19.1. The maximum absolute atomic E-state index is 12.8. The number of alkyl carbamates (subject to hydrolysis) is 1. The van der Waals surface area contributed by atoms with Crippen molar-refractivity contribution in [1.29, 1.82) is 0 Å². The van der Waals surface area contributed by atoms with E-state index in [0.717, 1.165) is 22.3 Å². The zero-order valence-electron chi connectivity index (χ0n) is 19.1. The Balaban J connectivity index is 1.37. The lowest BCUT2D eigenvalue weighted by Crippen LogP contribution is -2.44. The molecule has 3 aromatic rings. The van der Waals surface area contributed by atoms with Crippen LogP contribution in [-0.4, -0.2) is 35.7 Å². The van der Waals surface area contributed by atoms with Crippen molar-refractivity contribution in [1.82, 2.24) is 5.32 Å². The summed E-state index contributed by atoms with van der Waals surface area (Å²) in [4.78, 5) is 36.2. The monoisotopic (exact) mass is 470 g/mol. The third-order valence-electron chi connectivity index (χ3n) is 5.93. The van der Waals surface area contributed by atoms with Gasteiger partial charge in [-0.05, 0) is 46.4 Å². The molecular weight excluding hydrogens is 444 g/mol. The molecular formula is C28H26N2O5. The second-order valence-electron chi connectivity index (χ2n) is 8.30. The zero-order chi connectivity index (χ0) is 24.8. The average molecular weight is 471 g/mol. The van der Waals surface area contributed by atoms with E-state index in [2.05, 4.69) is 29.3 Å². The molecule has 3 aromatic carbocycles. The minimum Gasteiger partial charge on any atom is -0.481 e. The molecule has 4 rings (SSSR count). The Labute approximate surface area is 203 Å². The molecule has 35 heavy (non-hydrogen) atoms. The lowest BCUT2D eigenvalue weighted by molar-refractivity contribution is -0.136. The van der Waals surface area contributed by atoms with Crippen LogP contribution in [0.3, 0.4) is 0 Å². The van der Waals surface area contributed by atoms with Crippen molar-refractivity contribution in [2.75, 3.05) is 11.9 Å². The summed E-state index contributed by atoms with van der Waals surface area (Å²) in [7, 11) is 0. The van der Waals surface area contributed by atoms with Crippen molar-refractivity contribution in [3.05, 3.63) is 102 Å². The fourth-order valence-electron chi connectivity index (χ4n) is 4.29. The van der Waals surface area contributed by atoms with Crippen LogP contribution >= 0.6 is 0 Å². The third-order valence-corrected chi connectivity index (χ3v) is 5.93. The largest absolute Gasteiger partial charge is 0.481 e. The maximum atomic E-state index is 12.8. The van der Waals surface area contributed by atoms with Crippen LogP contribution in [0.5, 0.6) is 0 Å². The Morgan fingerprint density at radius 2 is 1.54 bits per heavy atom. The first kappa shape index (κ1) is 23.8. The number of ether oxygens (including phenoxy) is 1. The standard InChI is InChI=1S/C28H26N2O5/c1-2-7-25(27(33)29-19-14-12-18(13-15-19)16-26(31)32)30-28(34)35-17-24-22-10-5-3-8-20(22)21-9-4-6-11-23(21)24/h2-6,8-15,24-25H,1,7,16-17H2,(H,29,33)(H,30,34)(H,31,32). The number of rotatable bonds is 9. The quantitative estimate of drug-likeness (QED) is 0.392. The summed E-state index contributed by atoms with van der Waals surface area (Å²) >= 11 is 0. The summed E-state index contributed by atoms with van der Waals surface area (Å²) in [5.41, 5.74) is 5.59. The Hall–Kier alpha value is -4.39. The number of carboxylic acids is 1. The number of carbonyl (C=O) groups excluding carboxylic acids is 2. The molecule has 7 heteroatoms. The van der Waals surface area contributed by atoms with Crippen molar-refractivity contribution in [3.63, 3.8) is 0 Å². The van der Waals surface area contributed by atoms with Gasteiger partial charge < -0.3 is 20.5 Å². The minimum atomic E-state index is -0.930. The number of hydrogen-bond donors (Lipinski definition) is 3. The Morgan fingerprint density at radius 1 is 0.943 bits per heavy atom. The first-order chi connectivity index (χ1) is 17.0. The van der Waals surface area contributed by atoms with Gasteiger partial charge in [-0.3, -0.25) is 9.59 Å². The van der Waals surface area contributed by atoms with Gasteiger partial charge in [-0.2, -0.15) is 0 Å². The van der Waals surface area contributed by atoms with Crippen LogP contribution in [0.25, 0.3) is 11.1 Å². The Bertz CT molecular complexity index is 1210. The van der Waals surface area contributed by atoms with E-state index in [-0.39, 0.29) is 25.4 Å². The van der Waals surface area contributed by atoms with Gasteiger partial charge >= 0.3 is 12.1 Å².